The van der Waals surface area contributed by atoms with Gasteiger partial charge in [0.2, 0.25) is 0 Å². The van der Waals surface area contributed by atoms with Crippen molar-refractivity contribution in [1.29, 1.82) is 0 Å². The highest BCUT2D eigenvalue weighted by atomic mass is 79.9. The summed E-state index contributed by atoms with van der Waals surface area (Å²) in [7, 11) is 0. The summed E-state index contributed by atoms with van der Waals surface area (Å²) in [5.41, 5.74) is 0. The quantitative estimate of drug-likeness (QED) is 0.739. The Labute approximate surface area is 111 Å². The second-order valence-corrected chi connectivity index (χ2v) is 4.80. The van der Waals surface area contributed by atoms with Crippen molar-refractivity contribution in [2.45, 2.75) is 26.2 Å². The molecule has 0 amide bonds. The van der Waals surface area contributed by atoms with E-state index in [9.17, 15) is 4.39 Å². The normalized spacial score (nSPS) is 10.5. The van der Waals surface area contributed by atoms with Crippen LogP contribution in [0.3, 0.4) is 0 Å². The third kappa shape index (κ3) is 6.03. The molecule has 0 spiro atoms. The zero-order chi connectivity index (χ0) is 12.5. The molecule has 0 aliphatic rings. The molecule has 1 rings (SSSR count). The van der Waals surface area contributed by atoms with Crippen molar-refractivity contribution in [3.8, 4) is 5.75 Å². The molecule has 96 valence electrons. The van der Waals surface area contributed by atoms with Crippen LogP contribution in [0.5, 0.6) is 5.75 Å². The van der Waals surface area contributed by atoms with Crippen LogP contribution in [0.15, 0.2) is 22.7 Å². The topological polar surface area (TPSA) is 21.3 Å². The van der Waals surface area contributed by atoms with Crippen molar-refractivity contribution in [3.63, 3.8) is 0 Å². The van der Waals surface area contributed by atoms with Crippen LogP contribution in [-0.4, -0.2) is 19.7 Å². The number of ether oxygens (including phenoxy) is 1. The molecule has 0 fully saturated rings. The lowest BCUT2D eigenvalue weighted by Crippen LogP contribution is -2.22. The number of halogens is 2. The van der Waals surface area contributed by atoms with Gasteiger partial charge in [0.1, 0.15) is 6.61 Å². The van der Waals surface area contributed by atoms with Crippen LogP contribution >= 0.6 is 15.9 Å². The third-order valence-corrected chi connectivity index (χ3v) is 2.88. The van der Waals surface area contributed by atoms with Crippen LogP contribution in [0.1, 0.15) is 26.2 Å². The van der Waals surface area contributed by atoms with E-state index in [1.165, 1.54) is 25.3 Å². The first-order chi connectivity index (χ1) is 8.24. The zero-order valence-electron chi connectivity index (χ0n) is 10.1. The van der Waals surface area contributed by atoms with Crippen LogP contribution in [-0.2, 0) is 0 Å². The fourth-order valence-corrected chi connectivity index (χ4v) is 1.79. The smallest absolute Gasteiger partial charge is 0.165 e. The fraction of sp³-hybridized carbons (Fsp3) is 0.538. The molecule has 1 aromatic carbocycles. The van der Waals surface area contributed by atoms with Crippen LogP contribution < -0.4 is 10.1 Å². The van der Waals surface area contributed by atoms with Crippen LogP contribution in [0.2, 0.25) is 0 Å². The van der Waals surface area contributed by atoms with E-state index in [1.54, 1.807) is 12.1 Å². The molecule has 0 saturated carbocycles. The number of unbranched alkanes of at least 4 members (excludes halogenated alkanes) is 2. The lowest BCUT2D eigenvalue weighted by Gasteiger charge is -2.08. The Bertz CT molecular complexity index is 333. The fourth-order valence-electron chi connectivity index (χ4n) is 1.45. The zero-order valence-corrected chi connectivity index (χ0v) is 11.7. The highest BCUT2D eigenvalue weighted by Crippen LogP contribution is 2.21. The maximum absolute atomic E-state index is 13.3. The minimum atomic E-state index is -0.320. The average molecular weight is 304 g/mol. The van der Waals surface area contributed by atoms with Crippen molar-refractivity contribution in [2.24, 2.45) is 0 Å². The Hall–Kier alpha value is -0.610. The molecule has 4 heteroatoms. The van der Waals surface area contributed by atoms with Gasteiger partial charge in [-0.2, -0.15) is 0 Å². The van der Waals surface area contributed by atoms with Gasteiger partial charge in [0, 0.05) is 11.0 Å². The van der Waals surface area contributed by atoms with Gasteiger partial charge in [0.05, 0.1) is 0 Å². The van der Waals surface area contributed by atoms with E-state index in [1.807, 2.05) is 0 Å². The Morgan fingerprint density at radius 2 is 2.12 bits per heavy atom. The standard InChI is InChI=1S/C13H19BrFNO/c1-2-3-4-7-16-8-9-17-13-10-11(14)5-6-12(13)15/h5-6,10,16H,2-4,7-9H2,1H3. The molecule has 2 nitrogen and oxygen atoms in total. The summed E-state index contributed by atoms with van der Waals surface area (Å²) >= 11 is 3.29. The molecule has 1 aromatic rings. The molecule has 0 unspecified atom stereocenters. The van der Waals surface area contributed by atoms with Crippen LogP contribution in [0.25, 0.3) is 0 Å². The number of hydrogen-bond acceptors (Lipinski definition) is 2. The van der Waals surface area contributed by atoms with Crippen LogP contribution in [0.4, 0.5) is 4.39 Å². The SMILES string of the molecule is CCCCCNCCOc1cc(Br)ccc1F. The molecule has 1 N–H and O–H groups in total. The molecule has 0 atom stereocenters. The number of benzene rings is 1. The first kappa shape index (κ1) is 14.5. The van der Waals surface area contributed by atoms with Gasteiger partial charge in [0.25, 0.3) is 0 Å². The van der Waals surface area contributed by atoms with Crippen molar-refractivity contribution in [3.05, 3.63) is 28.5 Å². The first-order valence-corrected chi connectivity index (χ1v) is 6.82. The first-order valence-electron chi connectivity index (χ1n) is 6.02. The van der Waals surface area contributed by atoms with Crippen molar-refractivity contribution in [2.75, 3.05) is 19.7 Å². The largest absolute Gasteiger partial charge is 0.489 e. The van der Waals surface area contributed by atoms with E-state index in [0.29, 0.717) is 12.4 Å². The van der Waals surface area contributed by atoms with E-state index in [4.69, 9.17) is 4.74 Å². The van der Waals surface area contributed by atoms with Gasteiger partial charge in [0.15, 0.2) is 11.6 Å². The van der Waals surface area contributed by atoms with E-state index in [2.05, 4.69) is 28.2 Å². The van der Waals surface area contributed by atoms with Gasteiger partial charge in [-0.1, -0.05) is 35.7 Å². The Balaban J connectivity index is 2.15. The summed E-state index contributed by atoms with van der Waals surface area (Å²) in [6, 6.07) is 4.70. The van der Waals surface area contributed by atoms with E-state index >= 15 is 0 Å². The summed E-state index contributed by atoms with van der Waals surface area (Å²) in [6.45, 7) is 4.41. The summed E-state index contributed by atoms with van der Waals surface area (Å²) < 4.78 is 19.5. The monoisotopic (exact) mass is 303 g/mol. The highest BCUT2D eigenvalue weighted by Gasteiger charge is 2.03. The third-order valence-electron chi connectivity index (χ3n) is 2.39. The predicted molar refractivity (Wildman–Crippen MR) is 72.0 cm³/mol. The molecular weight excluding hydrogens is 285 g/mol. The number of rotatable bonds is 8. The van der Waals surface area contributed by atoms with Crippen LogP contribution in [0, 0.1) is 5.82 Å². The molecule has 0 aromatic heterocycles. The lowest BCUT2D eigenvalue weighted by molar-refractivity contribution is 0.298. The van der Waals surface area contributed by atoms with E-state index < -0.39 is 0 Å². The van der Waals surface area contributed by atoms with Gasteiger partial charge < -0.3 is 10.1 Å². The minimum absolute atomic E-state index is 0.301. The number of hydrogen-bond donors (Lipinski definition) is 1. The summed E-state index contributed by atoms with van der Waals surface area (Å²) in [6.07, 6.45) is 3.65. The average Bonchev–Trinajstić information content (AvgIpc) is 2.32. The Morgan fingerprint density at radius 1 is 1.29 bits per heavy atom. The summed E-state index contributed by atoms with van der Waals surface area (Å²) in [5, 5.41) is 3.27. The molecular formula is C13H19BrFNO. The van der Waals surface area contributed by atoms with Crippen molar-refractivity contribution >= 4 is 15.9 Å². The molecule has 0 heterocycles. The van der Waals surface area contributed by atoms with Gasteiger partial charge in [-0.05, 0) is 31.2 Å². The maximum atomic E-state index is 13.3. The van der Waals surface area contributed by atoms with E-state index in [0.717, 1.165) is 17.6 Å². The van der Waals surface area contributed by atoms with Gasteiger partial charge in [-0.15, -0.1) is 0 Å². The minimum Gasteiger partial charge on any atom is -0.489 e. The molecule has 0 aliphatic carbocycles. The van der Waals surface area contributed by atoms with E-state index in [-0.39, 0.29) is 5.82 Å². The molecule has 0 saturated heterocycles. The Morgan fingerprint density at radius 3 is 2.88 bits per heavy atom. The van der Waals surface area contributed by atoms with Gasteiger partial charge in [-0.3, -0.25) is 0 Å². The maximum Gasteiger partial charge on any atom is 0.165 e. The van der Waals surface area contributed by atoms with Crippen molar-refractivity contribution < 1.29 is 9.13 Å². The summed E-state index contributed by atoms with van der Waals surface area (Å²) in [5.74, 6) is -0.0195. The van der Waals surface area contributed by atoms with Gasteiger partial charge >= 0.3 is 0 Å². The summed E-state index contributed by atoms with van der Waals surface area (Å²) in [4.78, 5) is 0. The second kappa shape index (κ2) is 8.48. The predicted octanol–water partition coefficient (Wildman–Crippen LogP) is 3.75. The number of nitrogens with one attached hydrogen (secondary N) is 1. The highest BCUT2D eigenvalue weighted by molar-refractivity contribution is 9.10. The Kier molecular flexibility index (Phi) is 7.21. The van der Waals surface area contributed by atoms with Crippen molar-refractivity contribution in [1.82, 2.24) is 5.32 Å². The second-order valence-electron chi connectivity index (χ2n) is 3.88. The molecule has 0 radical (unpaired) electrons. The molecule has 0 aliphatic heterocycles. The lowest BCUT2D eigenvalue weighted by atomic mass is 10.2. The molecule has 0 bridgehead atoms. The molecule has 17 heavy (non-hydrogen) atoms. The van der Waals surface area contributed by atoms with Gasteiger partial charge in [-0.25, -0.2) is 4.39 Å².